The molecule has 0 unspecified atom stereocenters. The summed E-state index contributed by atoms with van der Waals surface area (Å²) in [5.41, 5.74) is -0.211. The van der Waals surface area contributed by atoms with E-state index >= 15 is 0 Å². The van der Waals surface area contributed by atoms with Crippen LogP contribution >= 0.6 is 0 Å². The Morgan fingerprint density at radius 3 is 2.28 bits per heavy atom. The van der Waals surface area contributed by atoms with E-state index < -0.39 is 17.5 Å². The molecule has 0 aromatic heterocycles. The van der Waals surface area contributed by atoms with Crippen molar-refractivity contribution in [2.75, 3.05) is 5.32 Å². The predicted molar refractivity (Wildman–Crippen MR) is 60.8 cm³/mol. The smallest absolute Gasteiger partial charge is 0.149 e. The van der Waals surface area contributed by atoms with Crippen molar-refractivity contribution in [3.05, 3.63) is 59.4 Å². The van der Waals surface area contributed by atoms with Gasteiger partial charge >= 0.3 is 0 Å². The first kappa shape index (κ1) is 12.0. The molecule has 2 rings (SSSR count). The van der Waals surface area contributed by atoms with Crippen LogP contribution in [0, 0.1) is 28.8 Å². The minimum absolute atomic E-state index is 0.0641. The summed E-state index contributed by atoms with van der Waals surface area (Å²) in [7, 11) is 0. The summed E-state index contributed by atoms with van der Waals surface area (Å²) in [6.07, 6.45) is 0. The molecule has 0 bridgehead atoms. The van der Waals surface area contributed by atoms with Crippen LogP contribution in [-0.2, 0) is 0 Å². The van der Waals surface area contributed by atoms with Gasteiger partial charge in [-0.05, 0) is 30.3 Å². The monoisotopic (exact) mass is 248 g/mol. The van der Waals surface area contributed by atoms with Gasteiger partial charge in [-0.3, -0.25) is 0 Å². The van der Waals surface area contributed by atoms with Gasteiger partial charge in [-0.2, -0.15) is 5.26 Å². The Labute approximate surface area is 101 Å². The fraction of sp³-hybridized carbons (Fsp3) is 0. The molecule has 0 saturated heterocycles. The lowest BCUT2D eigenvalue weighted by molar-refractivity contribution is 0.590. The van der Waals surface area contributed by atoms with Crippen molar-refractivity contribution in [1.29, 1.82) is 5.26 Å². The molecule has 0 aliphatic heterocycles. The Kier molecular flexibility index (Phi) is 3.20. The SMILES string of the molecule is N#Cc1cc(F)cc(Nc2c(F)cccc2F)c1. The molecule has 0 saturated carbocycles. The molecule has 2 nitrogen and oxygen atoms in total. The summed E-state index contributed by atoms with van der Waals surface area (Å²) in [5, 5.41) is 11.1. The Hall–Kier alpha value is -2.48. The summed E-state index contributed by atoms with van der Waals surface area (Å²) in [4.78, 5) is 0. The molecule has 0 spiro atoms. The van der Waals surface area contributed by atoms with Crippen LogP contribution in [0.25, 0.3) is 0 Å². The highest BCUT2D eigenvalue weighted by Crippen LogP contribution is 2.24. The second-order valence-corrected chi connectivity index (χ2v) is 3.56. The number of nitrogens with one attached hydrogen (secondary N) is 1. The molecule has 18 heavy (non-hydrogen) atoms. The van der Waals surface area contributed by atoms with Gasteiger partial charge in [-0.15, -0.1) is 0 Å². The number of hydrogen-bond donors (Lipinski definition) is 1. The van der Waals surface area contributed by atoms with Crippen LogP contribution in [0.5, 0.6) is 0 Å². The third-order valence-corrected chi connectivity index (χ3v) is 2.26. The van der Waals surface area contributed by atoms with Crippen molar-refractivity contribution < 1.29 is 13.2 Å². The van der Waals surface area contributed by atoms with Gasteiger partial charge in [-0.1, -0.05) is 6.07 Å². The van der Waals surface area contributed by atoms with Gasteiger partial charge < -0.3 is 5.32 Å². The number of hydrogen-bond acceptors (Lipinski definition) is 2. The molecule has 2 aromatic carbocycles. The fourth-order valence-electron chi connectivity index (χ4n) is 1.49. The summed E-state index contributed by atoms with van der Waals surface area (Å²) in [6.45, 7) is 0. The zero-order valence-corrected chi connectivity index (χ0v) is 9.05. The van der Waals surface area contributed by atoms with Crippen molar-refractivity contribution >= 4 is 11.4 Å². The first-order valence-electron chi connectivity index (χ1n) is 5.02. The molecule has 0 atom stereocenters. The summed E-state index contributed by atoms with van der Waals surface area (Å²) < 4.78 is 39.9. The van der Waals surface area contributed by atoms with Crippen molar-refractivity contribution in [1.82, 2.24) is 0 Å². The lowest BCUT2D eigenvalue weighted by Crippen LogP contribution is -1.98. The van der Waals surface area contributed by atoms with Crippen LogP contribution in [0.15, 0.2) is 36.4 Å². The highest BCUT2D eigenvalue weighted by atomic mass is 19.1. The van der Waals surface area contributed by atoms with Gasteiger partial charge in [0, 0.05) is 5.69 Å². The molecule has 0 aliphatic carbocycles. The highest BCUT2D eigenvalue weighted by molar-refractivity contribution is 5.62. The second kappa shape index (κ2) is 4.80. The van der Waals surface area contributed by atoms with Gasteiger partial charge in [0.15, 0.2) is 0 Å². The first-order chi connectivity index (χ1) is 8.60. The normalized spacial score (nSPS) is 9.89. The maximum absolute atomic E-state index is 13.4. The Morgan fingerprint density at radius 2 is 1.67 bits per heavy atom. The number of nitrogens with zero attached hydrogens (tertiary/aromatic N) is 1. The lowest BCUT2D eigenvalue weighted by atomic mass is 10.2. The Bertz CT molecular complexity index is 612. The number of anilines is 2. The zero-order chi connectivity index (χ0) is 13.1. The molecule has 2 aromatic rings. The highest BCUT2D eigenvalue weighted by Gasteiger charge is 2.09. The van der Waals surface area contributed by atoms with E-state index in [0.717, 1.165) is 24.3 Å². The third-order valence-electron chi connectivity index (χ3n) is 2.26. The van der Waals surface area contributed by atoms with Crippen molar-refractivity contribution in [2.45, 2.75) is 0 Å². The predicted octanol–water partition coefficient (Wildman–Crippen LogP) is 3.72. The Morgan fingerprint density at radius 1 is 1.00 bits per heavy atom. The Balaban J connectivity index is 2.40. The minimum atomic E-state index is -0.794. The van der Waals surface area contributed by atoms with E-state index in [2.05, 4.69) is 5.32 Å². The van der Waals surface area contributed by atoms with Crippen molar-refractivity contribution in [2.24, 2.45) is 0 Å². The number of halogens is 3. The first-order valence-corrected chi connectivity index (χ1v) is 5.02. The molecular weight excluding hydrogens is 241 g/mol. The van der Waals surface area contributed by atoms with E-state index in [1.54, 1.807) is 6.07 Å². The lowest BCUT2D eigenvalue weighted by Gasteiger charge is -2.09. The van der Waals surface area contributed by atoms with Crippen LogP contribution in [0.4, 0.5) is 24.5 Å². The van der Waals surface area contributed by atoms with E-state index in [4.69, 9.17) is 5.26 Å². The van der Waals surface area contributed by atoms with Crippen LogP contribution < -0.4 is 5.32 Å². The minimum Gasteiger partial charge on any atom is -0.351 e. The van der Waals surface area contributed by atoms with Gasteiger partial charge in [0.05, 0.1) is 11.6 Å². The van der Waals surface area contributed by atoms with E-state index in [-0.39, 0.29) is 16.9 Å². The van der Waals surface area contributed by atoms with Crippen LogP contribution in [0.2, 0.25) is 0 Å². The second-order valence-electron chi connectivity index (χ2n) is 3.56. The van der Waals surface area contributed by atoms with Crippen LogP contribution in [0.1, 0.15) is 5.56 Å². The molecule has 5 heteroatoms. The topological polar surface area (TPSA) is 35.8 Å². The van der Waals surface area contributed by atoms with Gasteiger partial charge in [0.2, 0.25) is 0 Å². The standard InChI is InChI=1S/C13H7F3N2/c14-9-4-8(7-17)5-10(6-9)18-13-11(15)2-1-3-12(13)16/h1-6,18H. The molecule has 0 fully saturated rings. The molecular formula is C13H7F3N2. The quantitative estimate of drug-likeness (QED) is 0.879. The zero-order valence-electron chi connectivity index (χ0n) is 9.05. The van der Waals surface area contributed by atoms with E-state index in [1.807, 2.05) is 0 Å². The van der Waals surface area contributed by atoms with Gasteiger partial charge in [0.25, 0.3) is 0 Å². The largest absolute Gasteiger partial charge is 0.351 e. The number of para-hydroxylation sites is 1. The average Bonchev–Trinajstić information content (AvgIpc) is 2.33. The molecule has 0 radical (unpaired) electrons. The molecule has 0 aliphatic rings. The summed E-state index contributed by atoms with van der Waals surface area (Å²) in [5.74, 6) is -2.25. The van der Waals surface area contributed by atoms with Crippen LogP contribution in [0.3, 0.4) is 0 Å². The number of benzene rings is 2. The fourth-order valence-corrected chi connectivity index (χ4v) is 1.49. The summed E-state index contributed by atoms with van der Waals surface area (Å²) in [6, 6.07) is 8.52. The molecule has 0 heterocycles. The number of nitriles is 1. The maximum atomic E-state index is 13.4. The summed E-state index contributed by atoms with van der Waals surface area (Å²) >= 11 is 0. The molecule has 90 valence electrons. The van der Waals surface area contributed by atoms with Gasteiger partial charge in [-0.25, -0.2) is 13.2 Å². The van der Waals surface area contributed by atoms with E-state index in [0.29, 0.717) is 0 Å². The van der Waals surface area contributed by atoms with Crippen molar-refractivity contribution in [3.63, 3.8) is 0 Å². The number of rotatable bonds is 2. The van der Waals surface area contributed by atoms with Crippen LogP contribution in [-0.4, -0.2) is 0 Å². The van der Waals surface area contributed by atoms with Gasteiger partial charge in [0.1, 0.15) is 23.1 Å². The van der Waals surface area contributed by atoms with E-state index in [1.165, 1.54) is 12.1 Å². The maximum Gasteiger partial charge on any atom is 0.149 e. The molecule has 1 N–H and O–H groups in total. The van der Waals surface area contributed by atoms with Crippen molar-refractivity contribution in [3.8, 4) is 6.07 Å². The van der Waals surface area contributed by atoms with E-state index in [9.17, 15) is 13.2 Å². The third kappa shape index (κ3) is 2.43. The average molecular weight is 248 g/mol. The molecule has 0 amide bonds.